The average Bonchev–Trinajstić information content (AvgIpc) is 3.22. The zero-order valence-electron chi connectivity index (χ0n) is 16.3. The summed E-state index contributed by atoms with van der Waals surface area (Å²) in [5.41, 5.74) is 3.38. The molecule has 1 saturated heterocycles. The van der Waals surface area contributed by atoms with E-state index in [1.165, 1.54) is 11.1 Å². The third kappa shape index (κ3) is 3.71. The highest BCUT2D eigenvalue weighted by Gasteiger charge is 2.35. The van der Waals surface area contributed by atoms with Crippen molar-refractivity contribution in [3.63, 3.8) is 0 Å². The van der Waals surface area contributed by atoms with Crippen LogP contribution in [0.5, 0.6) is 5.75 Å². The summed E-state index contributed by atoms with van der Waals surface area (Å²) in [6.07, 6.45) is 1.89. The number of methoxy groups -OCH3 is 1. The van der Waals surface area contributed by atoms with Crippen LogP contribution in [0.3, 0.4) is 0 Å². The number of aryl methyl sites for hydroxylation is 1. The molecule has 7 heteroatoms. The molecule has 1 N–H and O–H groups in total. The third-order valence-electron chi connectivity index (χ3n) is 5.49. The SMILES string of the molecule is COc1ccc(C2(CNc3nnnn3-c3ccc(C)cc3)CCOCC2)cc1. The molecule has 1 aliphatic rings. The first-order chi connectivity index (χ1) is 13.7. The van der Waals surface area contributed by atoms with E-state index in [0.717, 1.165) is 44.0 Å². The van der Waals surface area contributed by atoms with Gasteiger partial charge in [-0.05, 0) is 60.0 Å². The first-order valence-corrected chi connectivity index (χ1v) is 9.52. The molecule has 0 amide bonds. The van der Waals surface area contributed by atoms with Gasteiger partial charge in [-0.2, -0.15) is 4.68 Å². The van der Waals surface area contributed by atoms with Gasteiger partial charge in [0.25, 0.3) is 0 Å². The van der Waals surface area contributed by atoms with E-state index in [1.807, 2.05) is 24.3 Å². The molecule has 0 unspecified atom stereocenters. The first kappa shape index (κ1) is 18.4. The molecule has 4 rings (SSSR count). The Balaban J connectivity index is 1.57. The topological polar surface area (TPSA) is 74.1 Å². The predicted molar refractivity (Wildman–Crippen MR) is 107 cm³/mol. The molecule has 1 fully saturated rings. The number of nitrogens with zero attached hydrogens (tertiary/aromatic N) is 4. The molecule has 1 aliphatic heterocycles. The second kappa shape index (κ2) is 7.98. The summed E-state index contributed by atoms with van der Waals surface area (Å²) < 4.78 is 12.7. The van der Waals surface area contributed by atoms with E-state index < -0.39 is 0 Å². The van der Waals surface area contributed by atoms with Crippen LogP contribution in [-0.2, 0) is 10.2 Å². The zero-order chi connectivity index (χ0) is 19.4. The Morgan fingerprint density at radius 1 is 1.07 bits per heavy atom. The number of hydrogen-bond acceptors (Lipinski definition) is 6. The summed E-state index contributed by atoms with van der Waals surface area (Å²) >= 11 is 0. The normalized spacial score (nSPS) is 15.9. The number of rotatable bonds is 6. The monoisotopic (exact) mass is 379 g/mol. The lowest BCUT2D eigenvalue weighted by atomic mass is 9.74. The number of benzene rings is 2. The van der Waals surface area contributed by atoms with Crippen molar-refractivity contribution < 1.29 is 9.47 Å². The van der Waals surface area contributed by atoms with E-state index in [-0.39, 0.29) is 5.41 Å². The second-order valence-electron chi connectivity index (χ2n) is 7.22. The lowest BCUT2D eigenvalue weighted by Crippen LogP contribution is -2.40. The van der Waals surface area contributed by atoms with E-state index in [1.54, 1.807) is 11.8 Å². The first-order valence-electron chi connectivity index (χ1n) is 9.52. The Morgan fingerprint density at radius 3 is 2.46 bits per heavy atom. The lowest BCUT2D eigenvalue weighted by molar-refractivity contribution is 0.0543. The molecule has 2 aromatic carbocycles. The van der Waals surface area contributed by atoms with Crippen molar-refractivity contribution in [1.29, 1.82) is 0 Å². The number of tetrazole rings is 1. The Bertz CT molecular complexity index is 899. The zero-order valence-corrected chi connectivity index (χ0v) is 16.3. The maximum atomic E-state index is 5.63. The fourth-order valence-electron chi connectivity index (χ4n) is 3.68. The Morgan fingerprint density at radius 2 is 1.79 bits per heavy atom. The highest BCUT2D eigenvalue weighted by Crippen LogP contribution is 2.36. The molecule has 0 atom stereocenters. The van der Waals surface area contributed by atoms with Gasteiger partial charge < -0.3 is 14.8 Å². The number of anilines is 1. The van der Waals surface area contributed by atoms with Gasteiger partial charge >= 0.3 is 0 Å². The maximum absolute atomic E-state index is 5.63. The van der Waals surface area contributed by atoms with Crippen molar-refractivity contribution in [2.24, 2.45) is 0 Å². The van der Waals surface area contributed by atoms with Gasteiger partial charge in [0.1, 0.15) is 5.75 Å². The number of ether oxygens (including phenoxy) is 2. The van der Waals surface area contributed by atoms with Gasteiger partial charge in [-0.1, -0.05) is 34.9 Å². The third-order valence-corrected chi connectivity index (χ3v) is 5.49. The molecule has 0 radical (unpaired) electrons. The van der Waals surface area contributed by atoms with Gasteiger partial charge in [0.15, 0.2) is 0 Å². The minimum Gasteiger partial charge on any atom is -0.497 e. The Labute approximate surface area is 164 Å². The minimum atomic E-state index is -0.0332. The quantitative estimate of drug-likeness (QED) is 0.709. The summed E-state index contributed by atoms with van der Waals surface area (Å²) in [6, 6.07) is 16.5. The smallest absolute Gasteiger partial charge is 0.247 e. The molecule has 1 aromatic heterocycles. The summed E-state index contributed by atoms with van der Waals surface area (Å²) in [5, 5.41) is 15.7. The molecule has 7 nitrogen and oxygen atoms in total. The number of aromatic nitrogens is 4. The van der Waals surface area contributed by atoms with Crippen molar-refractivity contribution in [2.75, 3.05) is 32.2 Å². The number of hydrogen-bond donors (Lipinski definition) is 1. The van der Waals surface area contributed by atoms with Crippen molar-refractivity contribution in [2.45, 2.75) is 25.2 Å². The highest BCUT2D eigenvalue weighted by molar-refractivity contribution is 5.41. The summed E-state index contributed by atoms with van der Waals surface area (Å²) in [4.78, 5) is 0. The molecule has 0 spiro atoms. The maximum Gasteiger partial charge on any atom is 0.247 e. The van der Waals surface area contributed by atoms with Crippen LogP contribution in [0.15, 0.2) is 48.5 Å². The molecular formula is C21H25N5O2. The van der Waals surface area contributed by atoms with E-state index in [9.17, 15) is 0 Å². The van der Waals surface area contributed by atoms with E-state index in [0.29, 0.717) is 5.95 Å². The van der Waals surface area contributed by atoms with Gasteiger partial charge in [-0.3, -0.25) is 0 Å². The van der Waals surface area contributed by atoms with Crippen molar-refractivity contribution >= 4 is 5.95 Å². The molecule has 3 aromatic rings. The van der Waals surface area contributed by atoms with E-state index >= 15 is 0 Å². The summed E-state index contributed by atoms with van der Waals surface area (Å²) in [6.45, 7) is 4.29. The molecule has 0 aliphatic carbocycles. The lowest BCUT2D eigenvalue weighted by Gasteiger charge is -2.38. The Kier molecular flexibility index (Phi) is 5.25. The van der Waals surface area contributed by atoms with Crippen LogP contribution in [0, 0.1) is 6.92 Å². The fourth-order valence-corrected chi connectivity index (χ4v) is 3.68. The summed E-state index contributed by atoms with van der Waals surface area (Å²) in [7, 11) is 1.69. The molecular weight excluding hydrogens is 354 g/mol. The van der Waals surface area contributed by atoms with Gasteiger partial charge in [-0.15, -0.1) is 0 Å². The number of nitrogens with one attached hydrogen (secondary N) is 1. The van der Waals surface area contributed by atoms with Crippen molar-refractivity contribution in [3.05, 3.63) is 59.7 Å². The molecule has 2 heterocycles. The van der Waals surface area contributed by atoms with Crippen LogP contribution < -0.4 is 10.1 Å². The molecule has 0 bridgehead atoms. The second-order valence-corrected chi connectivity index (χ2v) is 7.22. The van der Waals surface area contributed by atoms with Gasteiger partial charge in [0, 0.05) is 25.2 Å². The van der Waals surface area contributed by atoms with Crippen LogP contribution in [0.1, 0.15) is 24.0 Å². The van der Waals surface area contributed by atoms with Crippen LogP contribution in [0.2, 0.25) is 0 Å². The highest BCUT2D eigenvalue weighted by atomic mass is 16.5. The largest absolute Gasteiger partial charge is 0.497 e. The van der Waals surface area contributed by atoms with Gasteiger partial charge in [0.05, 0.1) is 12.8 Å². The van der Waals surface area contributed by atoms with Crippen molar-refractivity contribution in [3.8, 4) is 11.4 Å². The van der Waals surface area contributed by atoms with Gasteiger partial charge in [0.2, 0.25) is 5.95 Å². The standard InChI is InChI=1S/C21H25N5O2/c1-16-3-7-18(8-4-16)26-20(23-24-25-26)22-15-21(11-13-28-14-12-21)17-5-9-19(27-2)10-6-17/h3-10H,11-15H2,1-2H3,(H,22,23,25). The van der Waals surface area contributed by atoms with Crippen LogP contribution in [0.4, 0.5) is 5.95 Å². The molecule has 0 saturated carbocycles. The van der Waals surface area contributed by atoms with Gasteiger partial charge in [-0.25, -0.2) is 0 Å². The average molecular weight is 379 g/mol. The predicted octanol–water partition coefficient (Wildman–Crippen LogP) is 3.14. The molecule has 146 valence electrons. The van der Waals surface area contributed by atoms with Crippen LogP contribution in [0.25, 0.3) is 5.69 Å². The molecule has 28 heavy (non-hydrogen) atoms. The summed E-state index contributed by atoms with van der Waals surface area (Å²) in [5.74, 6) is 1.51. The fraction of sp³-hybridized carbons (Fsp3) is 0.381. The van der Waals surface area contributed by atoms with Crippen LogP contribution >= 0.6 is 0 Å². The van der Waals surface area contributed by atoms with E-state index in [2.05, 4.69) is 52.0 Å². The van der Waals surface area contributed by atoms with E-state index in [4.69, 9.17) is 9.47 Å². The Hall–Kier alpha value is -2.93. The van der Waals surface area contributed by atoms with Crippen LogP contribution in [-0.4, -0.2) is 47.1 Å². The minimum absolute atomic E-state index is 0.0332. The van der Waals surface area contributed by atoms with Crippen molar-refractivity contribution in [1.82, 2.24) is 20.2 Å².